The molecule has 0 fully saturated rings. The van der Waals surface area contributed by atoms with Crippen LogP contribution in [0.2, 0.25) is 0 Å². The smallest absolute Gasteiger partial charge is 0.321 e. The summed E-state index contributed by atoms with van der Waals surface area (Å²) in [4.78, 5) is 26.3. The summed E-state index contributed by atoms with van der Waals surface area (Å²) in [6.07, 6.45) is 3.74. The molecule has 112 valence electrons. The van der Waals surface area contributed by atoms with Gasteiger partial charge >= 0.3 is 12.0 Å². The number of rotatable bonds is 7. The van der Waals surface area contributed by atoms with Crippen molar-refractivity contribution in [1.82, 2.24) is 10.3 Å². The third-order valence-corrected chi connectivity index (χ3v) is 4.16. The summed E-state index contributed by atoms with van der Waals surface area (Å²) in [7, 11) is 0. The van der Waals surface area contributed by atoms with E-state index in [1.807, 2.05) is 6.92 Å². The molecule has 2 amide bonds. The number of carbonyl (C=O) groups is 2. The molecule has 2 unspecified atom stereocenters. The van der Waals surface area contributed by atoms with Crippen molar-refractivity contribution in [3.63, 3.8) is 0 Å². The summed E-state index contributed by atoms with van der Waals surface area (Å²) in [5.74, 6) is -1.12. The second kappa shape index (κ2) is 8.21. The predicted octanol–water partition coefficient (Wildman–Crippen LogP) is 3.31. The molecule has 6 nitrogen and oxygen atoms in total. The lowest BCUT2D eigenvalue weighted by molar-refractivity contribution is -0.141. The monoisotopic (exact) mass is 363 g/mol. The van der Waals surface area contributed by atoms with Gasteiger partial charge in [0, 0.05) is 6.04 Å². The van der Waals surface area contributed by atoms with Gasteiger partial charge in [0.05, 0.1) is 15.9 Å². The first-order valence-corrected chi connectivity index (χ1v) is 7.91. The molecule has 0 bridgehead atoms. The standard InChI is InChI=1S/C12H18BrN3O3S/c1-7(10(17)18)4-3-5-8(2)15-11(19)16-12-14-6-9(13)20-12/h6-8H,3-5H2,1-2H3,(H,17,18)(H2,14,15,16,19). The largest absolute Gasteiger partial charge is 0.481 e. The van der Waals surface area contributed by atoms with E-state index in [-0.39, 0.29) is 18.0 Å². The van der Waals surface area contributed by atoms with Crippen molar-refractivity contribution >= 4 is 44.4 Å². The maximum absolute atomic E-state index is 11.7. The number of aromatic nitrogens is 1. The molecule has 0 saturated heterocycles. The van der Waals surface area contributed by atoms with Crippen molar-refractivity contribution in [2.75, 3.05) is 5.32 Å². The van der Waals surface area contributed by atoms with Crippen LogP contribution in [0.25, 0.3) is 0 Å². The summed E-state index contributed by atoms with van der Waals surface area (Å²) in [6, 6.07) is -0.315. The van der Waals surface area contributed by atoms with Crippen LogP contribution >= 0.6 is 27.3 Å². The fourth-order valence-electron chi connectivity index (χ4n) is 1.60. The molecule has 3 N–H and O–H groups in total. The van der Waals surface area contributed by atoms with Crippen LogP contribution in [0.1, 0.15) is 33.1 Å². The normalized spacial score (nSPS) is 13.6. The maximum atomic E-state index is 11.7. The van der Waals surface area contributed by atoms with E-state index in [9.17, 15) is 9.59 Å². The number of carboxylic acid groups (broad SMARTS) is 1. The quantitative estimate of drug-likeness (QED) is 0.692. The number of anilines is 1. The Morgan fingerprint density at radius 3 is 2.70 bits per heavy atom. The van der Waals surface area contributed by atoms with E-state index in [2.05, 4.69) is 31.5 Å². The Bertz CT molecular complexity index is 467. The Labute approximate surface area is 130 Å². The molecule has 2 atom stereocenters. The average molecular weight is 364 g/mol. The van der Waals surface area contributed by atoms with Gasteiger partial charge in [0.25, 0.3) is 0 Å². The second-order valence-electron chi connectivity index (χ2n) is 4.64. The number of halogens is 1. The third-order valence-electron chi connectivity index (χ3n) is 2.77. The second-order valence-corrected chi connectivity index (χ2v) is 7.05. The first-order valence-electron chi connectivity index (χ1n) is 6.30. The Morgan fingerprint density at radius 2 is 2.15 bits per heavy atom. The molecular weight excluding hydrogens is 346 g/mol. The summed E-state index contributed by atoms with van der Waals surface area (Å²) >= 11 is 4.61. The van der Waals surface area contributed by atoms with Crippen LogP contribution in [0.4, 0.5) is 9.93 Å². The topological polar surface area (TPSA) is 91.3 Å². The predicted molar refractivity (Wildman–Crippen MR) is 82.1 cm³/mol. The SMILES string of the molecule is CC(CCCC(C)C(=O)O)NC(=O)Nc1ncc(Br)s1. The number of nitrogens with zero attached hydrogens (tertiary/aromatic N) is 1. The molecular formula is C12H18BrN3O3S. The highest BCUT2D eigenvalue weighted by Gasteiger charge is 2.13. The highest BCUT2D eigenvalue weighted by molar-refractivity contribution is 9.11. The van der Waals surface area contributed by atoms with Crippen molar-refractivity contribution in [3.8, 4) is 0 Å². The molecule has 0 saturated carbocycles. The number of amides is 2. The van der Waals surface area contributed by atoms with Crippen LogP contribution in [-0.2, 0) is 4.79 Å². The van der Waals surface area contributed by atoms with E-state index < -0.39 is 5.97 Å². The first kappa shape index (κ1) is 16.9. The lowest BCUT2D eigenvalue weighted by Crippen LogP contribution is -2.36. The van der Waals surface area contributed by atoms with E-state index in [0.29, 0.717) is 11.6 Å². The Balaban J connectivity index is 2.23. The Kier molecular flexibility index (Phi) is 6.94. The van der Waals surface area contributed by atoms with Crippen molar-refractivity contribution in [2.24, 2.45) is 5.92 Å². The molecule has 0 spiro atoms. The van der Waals surface area contributed by atoms with Crippen molar-refractivity contribution < 1.29 is 14.7 Å². The van der Waals surface area contributed by atoms with E-state index in [0.717, 1.165) is 16.6 Å². The lowest BCUT2D eigenvalue weighted by atomic mass is 10.0. The zero-order valence-corrected chi connectivity index (χ0v) is 13.8. The molecule has 0 aliphatic rings. The Morgan fingerprint density at radius 1 is 1.45 bits per heavy atom. The highest BCUT2D eigenvalue weighted by atomic mass is 79.9. The highest BCUT2D eigenvalue weighted by Crippen LogP contribution is 2.22. The van der Waals surface area contributed by atoms with Gasteiger partial charge in [-0.05, 0) is 35.7 Å². The minimum absolute atomic E-state index is 0.0144. The van der Waals surface area contributed by atoms with Gasteiger partial charge in [0.15, 0.2) is 5.13 Å². The van der Waals surface area contributed by atoms with Crippen LogP contribution in [0.3, 0.4) is 0 Å². The number of aliphatic carboxylic acids is 1. The van der Waals surface area contributed by atoms with Gasteiger partial charge in [0.1, 0.15) is 0 Å². The van der Waals surface area contributed by atoms with Gasteiger partial charge in [-0.1, -0.05) is 24.7 Å². The lowest BCUT2D eigenvalue weighted by Gasteiger charge is -2.14. The van der Waals surface area contributed by atoms with E-state index in [1.54, 1.807) is 13.1 Å². The zero-order valence-electron chi connectivity index (χ0n) is 11.4. The fourth-order valence-corrected chi connectivity index (χ4v) is 2.70. The summed E-state index contributed by atoms with van der Waals surface area (Å²) < 4.78 is 0.850. The van der Waals surface area contributed by atoms with Gasteiger partial charge in [0.2, 0.25) is 0 Å². The summed E-state index contributed by atoms with van der Waals surface area (Å²) in [5.41, 5.74) is 0. The van der Waals surface area contributed by atoms with E-state index in [1.165, 1.54) is 11.3 Å². The van der Waals surface area contributed by atoms with Gasteiger partial charge in [-0.3, -0.25) is 10.1 Å². The van der Waals surface area contributed by atoms with Gasteiger partial charge in [-0.2, -0.15) is 0 Å². The van der Waals surface area contributed by atoms with Crippen LogP contribution in [0, 0.1) is 5.92 Å². The number of urea groups is 1. The number of carbonyl (C=O) groups excluding carboxylic acids is 1. The van der Waals surface area contributed by atoms with E-state index >= 15 is 0 Å². The molecule has 20 heavy (non-hydrogen) atoms. The van der Waals surface area contributed by atoms with Crippen molar-refractivity contribution in [1.29, 1.82) is 0 Å². The van der Waals surface area contributed by atoms with Crippen molar-refractivity contribution in [3.05, 3.63) is 9.98 Å². The third kappa shape index (κ3) is 6.33. The number of carboxylic acids is 1. The van der Waals surface area contributed by atoms with Gasteiger partial charge < -0.3 is 10.4 Å². The first-order chi connectivity index (χ1) is 9.38. The molecule has 8 heteroatoms. The molecule has 1 rings (SSSR count). The molecule has 1 aromatic heterocycles. The molecule has 0 aliphatic carbocycles. The zero-order chi connectivity index (χ0) is 15.1. The van der Waals surface area contributed by atoms with Crippen LogP contribution < -0.4 is 10.6 Å². The van der Waals surface area contributed by atoms with Gasteiger partial charge in [-0.25, -0.2) is 9.78 Å². The van der Waals surface area contributed by atoms with Crippen molar-refractivity contribution in [2.45, 2.75) is 39.2 Å². The fraction of sp³-hybridized carbons (Fsp3) is 0.583. The van der Waals surface area contributed by atoms with Crippen LogP contribution in [0.5, 0.6) is 0 Å². The van der Waals surface area contributed by atoms with Crippen LogP contribution in [0.15, 0.2) is 9.98 Å². The molecule has 0 radical (unpaired) electrons. The molecule has 0 aromatic carbocycles. The number of nitrogens with one attached hydrogen (secondary N) is 2. The minimum Gasteiger partial charge on any atom is -0.481 e. The maximum Gasteiger partial charge on any atom is 0.321 e. The number of thiazole rings is 1. The van der Waals surface area contributed by atoms with Crippen LogP contribution in [-0.4, -0.2) is 28.1 Å². The minimum atomic E-state index is -0.780. The number of hydrogen-bond acceptors (Lipinski definition) is 4. The number of hydrogen-bond donors (Lipinski definition) is 3. The molecule has 1 heterocycles. The summed E-state index contributed by atoms with van der Waals surface area (Å²) in [6.45, 7) is 3.58. The Hall–Kier alpha value is -1.15. The molecule has 1 aromatic rings. The van der Waals surface area contributed by atoms with E-state index in [4.69, 9.17) is 5.11 Å². The average Bonchev–Trinajstić information content (AvgIpc) is 2.73. The van der Waals surface area contributed by atoms with Gasteiger partial charge in [-0.15, -0.1) is 0 Å². The summed E-state index contributed by atoms with van der Waals surface area (Å²) in [5, 5.41) is 14.7. The molecule has 0 aliphatic heterocycles.